The number of nitrogens with zero attached hydrogens (tertiary/aromatic N) is 8. The molecule has 0 amide bonds. The van der Waals surface area contributed by atoms with E-state index in [2.05, 4.69) is 34.9 Å². The Morgan fingerprint density at radius 2 is 0.711 bits per heavy atom. The van der Waals surface area contributed by atoms with Crippen molar-refractivity contribution in [3.8, 4) is 45.3 Å². The molecule has 0 saturated heterocycles. The topological polar surface area (TPSA) is 105 Å². The number of benzene rings is 1. The summed E-state index contributed by atoms with van der Waals surface area (Å²) in [5.74, 6) is 0. The van der Waals surface area contributed by atoms with Gasteiger partial charge in [0.25, 0.3) is 0 Å². The van der Waals surface area contributed by atoms with Gasteiger partial charge in [-0.15, -0.1) is 0 Å². The van der Waals surface area contributed by atoms with E-state index >= 15 is 0 Å². The third-order valence-electron chi connectivity index (χ3n) is 6.19. The number of pyridine rings is 6. The van der Waals surface area contributed by atoms with Crippen LogP contribution in [0.15, 0.2) is 165 Å². The van der Waals surface area contributed by atoms with E-state index in [-0.39, 0.29) is 19.5 Å². The predicted molar refractivity (Wildman–Crippen MR) is 173 cm³/mol. The van der Waals surface area contributed by atoms with E-state index in [0.717, 1.165) is 45.3 Å². The van der Waals surface area contributed by atoms with Crippen molar-refractivity contribution in [1.82, 2.24) is 29.9 Å². The summed E-state index contributed by atoms with van der Waals surface area (Å²) in [6, 6.07) is 40.2. The molecule has 0 saturated carbocycles. The van der Waals surface area contributed by atoms with Crippen LogP contribution in [0.2, 0.25) is 0 Å². The van der Waals surface area contributed by atoms with Gasteiger partial charge in [0, 0.05) is 49.3 Å². The maximum Gasteiger partial charge on any atom is 2.00 e. The van der Waals surface area contributed by atoms with E-state index < -0.39 is 0 Å². The van der Waals surface area contributed by atoms with Gasteiger partial charge in [-0.1, -0.05) is 30.3 Å². The van der Waals surface area contributed by atoms with Gasteiger partial charge >= 0.3 is 25.2 Å². The quantitative estimate of drug-likeness (QED) is 0.136. The molecule has 6 aromatic heterocycles. The third-order valence-corrected chi connectivity index (χ3v) is 6.19. The molecule has 1 aromatic carbocycles. The average molecular weight is 673 g/mol. The Balaban J connectivity index is 0.000000160. The molecule has 0 N–H and O–H groups in total. The first-order valence-electron chi connectivity index (χ1n) is 13.8. The molecule has 0 fully saturated rings. The van der Waals surface area contributed by atoms with E-state index in [0.29, 0.717) is 5.69 Å². The van der Waals surface area contributed by atoms with E-state index in [1.54, 1.807) is 49.3 Å². The molecule has 0 aliphatic carbocycles. The number of hydrogen-bond donors (Lipinski definition) is 0. The average Bonchev–Trinajstić information content (AvgIpc) is 3.14. The zero-order valence-corrected chi connectivity index (χ0v) is 25.8. The first-order chi connectivity index (χ1) is 21.8. The van der Waals surface area contributed by atoms with Crippen LogP contribution in [0.3, 0.4) is 0 Å². The zero-order chi connectivity index (χ0) is 30.2. The first kappa shape index (κ1) is 32.1. The second-order valence-corrected chi connectivity index (χ2v) is 9.15. The van der Waals surface area contributed by atoms with Crippen LogP contribution >= 0.6 is 0 Å². The summed E-state index contributed by atoms with van der Waals surface area (Å²) < 4.78 is 0. The number of aromatic nitrogens is 6. The molecule has 0 aliphatic heterocycles. The van der Waals surface area contributed by atoms with Crippen molar-refractivity contribution in [2.24, 2.45) is 0 Å². The largest absolute Gasteiger partial charge is 2.00 e. The summed E-state index contributed by atoms with van der Waals surface area (Å²) in [5.41, 5.74) is 7.96. The fourth-order valence-corrected chi connectivity index (χ4v) is 4.04. The van der Waals surface area contributed by atoms with Crippen molar-refractivity contribution in [3.05, 3.63) is 170 Å². The molecule has 8 nitrogen and oxygen atoms in total. The third kappa shape index (κ3) is 9.58. The van der Waals surface area contributed by atoms with Gasteiger partial charge in [0.15, 0.2) is 4.98 Å². The van der Waals surface area contributed by atoms with Crippen molar-refractivity contribution in [2.75, 3.05) is 0 Å². The minimum absolute atomic E-state index is 0. The summed E-state index contributed by atoms with van der Waals surface area (Å²) in [6.07, 6.45) is 10.6. The van der Waals surface area contributed by atoms with Crippen LogP contribution in [0.25, 0.3) is 50.3 Å². The van der Waals surface area contributed by atoms with Gasteiger partial charge in [0.2, 0.25) is 5.39 Å². The molecule has 9 heteroatoms. The second-order valence-electron chi connectivity index (χ2n) is 9.15. The van der Waals surface area contributed by atoms with Gasteiger partial charge in [0.05, 0.1) is 34.2 Å². The molecule has 0 unspecified atom stereocenters. The fourth-order valence-electron chi connectivity index (χ4n) is 4.04. The van der Waals surface area contributed by atoms with Gasteiger partial charge in [-0.25, -0.2) is 0 Å². The van der Waals surface area contributed by atoms with Crippen LogP contribution in [0.4, 0.5) is 5.69 Å². The van der Waals surface area contributed by atoms with Crippen molar-refractivity contribution < 1.29 is 19.5 Å². The molecule has 0 bridgehead atoms. The second kappa shape index (κ2) is 17.3. The van der Waals surface area contributed by atoms with Gasteiger partial charge in [-0.3, -0.25) is 29.9 Å². The Hall–Kier alpha value is -5.84. The van der Waals surface area contributed by atoms with Crippen molar-refractivity contribution in [2.45, 2.75) is 0 Å². The van der Waals surface area contributed by atoms with Crippen molar-refractivity contribution in [1.29, 1.82) is 5.39 Å². The molecular formula is C36H27N8Ru+3. The van der Waals surface area contributed by atoms with Gasteiger partial charge < -0.3 is 0 Å². The molecule has 7 rings (SSSR count). The van der Waals surface area contributed by atoms with Crippen LogP contribution in [0.5, 0.6) is 0 Å². The van der Waals surface area contributed by atoms with E-state index in [1.807, 2.05) is 115 Å². The Morgan fingerprint density at radius 1 is 0.356 bits per heavy atom. The van der Waals surface area contributed by atoms with Crippen LogP contribution in [0.1, 0.15) is 0 Å². The maximum absolute atomic E-state index is 8.70. The molecule has 0 atom stereocenters. The smallest absolute Gasteiger partial charge is 0.255 e. The van der Waals surface area contributed by atoms with Gasteiger partial charge in [0.1, 0.15) is 0 Å². The van der Waals surface area contributed by atoms with Gasteiger partial charge in [-0.2, -0.15) is 0 Å². The Kier molecular flexibility index (Phi) is 12.3. The first-order valence-corrected chi connectivity index (χ1v) is 13.8. The maximum atomic E-state index is 8.70. The van der Waals surface area contributed by atoms with E-state index in [1.165, 1.54) is 0 Å². The Morgan fingerprint density at radius 3 is 1.04 bits per heavy atom. The number of rotatable bonds is 4. The minimum atomic E-state index is 0. The standard InChI is InChI=1S/C16H11N4.2C10H8N2.Ru/c17-20-14-6-4-12(5-7-14)13-8-10-19-16(11-13)15-3-1-2-9-18-15;2*1-3-7-11-9(5-1)10-6-2-4-8-12-10;/h1-11H;2*1-8H;/q+1;;;+2. The number of diazo groups is 1. The predicted octanol–water partition coefficient (Wildman–Crippen LogP) is 8.58. The van der Waals surface area contributed by atoms with Crippen molar-refractivity contribution in [3.63, 3.8) is 0 Å². The molecule has 6 heterocycles. The SMILES string of the molecule is N#[N+]c1ccc(-c2ccnc(-c3ccccn3)c2)cc1.[Ru+2].c1ccc(-c2ccccn2)nc1.c1ccc(-c2ccccn2)nc1. The molecule has 45 heavy (non-hydrogen) atoms. The minimum Gasteiger partial charge on any atom is -0.255 e. The number of hydrogen-bond acceptors (Lipinski definition) is 7. The van der Waals surface area contributed by atoms with Crippen LogP contribution in [-0.2, 0) is 19.5 Å². The normalized spacial score (nSPS) is 9.58. The van der Waals surface area contributed by atoms with E-state index in [4.69, 9.17) is 5.39 Å². The Bertz CT molecular complexity index is 1740. The molecular weight excluding hydrogens is 646 g/mol. The summed E-state index contributed by atoms with van der Waals surface area (Å²) in [7, 11) is 0. The molecule has 216 valence electrons. The molecule has 0 spiro atoms. The van der Waals surface area contributed by atoms with Crippen LogP contribution < -0.4 is 0 Å². The van der Waals surface area contributed by atoms with Crippen molar-refractivity contribution >= 4 is 5.69 Å². The Labute approximate surface area is 274 Å². The van der Waals surface area contributed by atoms with E-state index in [9.17, 15) is 0 Å². The molecule has 0 radical (unpaired) electrons. The monoisotopic (exact) mass is 673 g/mol. The summed E-state index contributed by atoms with van der Waals surface area (Å²) in [5, 5.41) is 8.70. The fraction of sp³-hybridized carbons (Fsp3) is 0. The summed E-state index contributed by atoms with van der Waals surface area (Å²) in [4.78, 5) is 28.5. The summed E-state index contributed by atoms with van der Waals surface area (Å²) in [6.45, 7) is 0. The van der Waals surface area contributed by atoms with Crippen LogP contribution in [-0.4, -0.2) is 29.9 Å². The van der Waals surface area contributed by atoms with Crippen LogP contribution in [0, 0.1) is 5.39 Å². The molecule has 0 aliphatic rings. The zero-order valence-electron chi connectivity index (χ0n) is 24.0. The van der Waals surface area contributed by atoms with Gasteiger partial charge in [-0.05, 0) is 96.1 Å². The molecule has 7 aromatic rings. The summed E-state index contributed by atoms with van der Waals surface area (Å²) >= 11 is 0.